The number of rotatable bonds is 4. The molecule has 1 saturated heterocycles. The normalized spacial score (nSPS) is 19.0. The van der Waals surface area contributed by atoms with Crippen molar-refractivity contribution in [2.24, 2.45) is 5.92 Å². The highest BCUT2D eigenvalue weighted by Gasteiger charge is 2.30. The SMILES string of the molecule is CC(=O)N1CC[C@H](c2ncc3c(n2)CCN(C(=O)c2cc(CC(C)C)[nH]n2)C3)C1. The van der Waals surface area contributed by atoms with Crippen LogP contribution in [0.4, 0.5) is 0 Å². The van der Waals surface area contributed by atoms with Crippen molar-refractivity contribution in [1.29, 1.82) is 0 Å². The first-order valence-electron chi connectivity index (χ1n) is 10.3. The van der Waals surface area contributed by atoms with Crippen LogP contribution in [0.15, 0.2) is 12.3 Å². The van der Waals surface area contributed by atoms with E-state index in [9.17, 15) is 9.59 Å². The van der Waals surface area contributed by atoms with Gasteiger partial charge in [-0.25, -0.2) is 9.97 Å². The topological polar surface area (TPSA) is 95.1 Å². The highest BCUT2D eigenvalue weighted by Crippen LogP contribution is 2.26. The van der Waals surface area contributed by atoms with Crippen molar-refractivity contribution in [1.82, 2.24) is 30.0 Å². The zero-order chi connectivity index (χ0) is 20.5. The highest BCUT2D eigenvalue weighted by atomic mass is 16.2. The van der Waals surface area contributed by atoms with E-state index in [0.29, 0.717) is 37.7 Å². The molecule has 0 unspecified atom stereocenters. The van der Waals surface area contributed by atoms with Gasteiger partial charge >= 0.3 is 0 Å². The molecule has 1 N–H and O–H groups in total. The summed E-state index contributed by atoms with van der Waals surface area (Å²) in [4.78, 5) is 37.4. The van der Waals surface area contributed by atoms with Crippen molar-refractivity contribution in [3.63, 3.8) is 0 Å². The molecule has 1 atom stereocenters. The van der Waals surface area contributed by atoms with Gasteiger partial charge in [0.25, 0.3) is 5.91 Å². The number of amides is 2. The first kappa shape index (κ1) is 19.5. The van der Waals surface area contributed by atoms with Crippen molar-refractivity contribution in [3.8, 4) is 0 Å². The molecule has 2 aromatic rings. The molecule has 0 spiro atoms. The van der Waals surface area contributed by atoms with Crippen LogP contribution in [-0.2, 0) is 24.2 Å². The molecule has 8 heteroatoms. The molecule has 2 aliphatic heterocycles. The molecule has 0 radical (unpaired) electrons. The van der Waals surface area contributed by atoms with E-state index in [-0.39, 0.29) is 17.7 Å². The van der Waals surface area contributed by atoms with Crippen LogP contribution in [0, 0.1) is 5.92 Å². The lowest BCUT2D eigenvalue weighted by atomic mass is 10.0. The van der Waals surface area contributed by atoms with E-state index in [1.807, 2.05) is 22.1 Å². The minimum atomic E-state index is -0.0566. The fourth-order valence-electron chi connectivity index (χ4n) is 4.14. The van der Waals surface area contributed by atoms with Crippen molar-refractivity contribution >= 4 is 11.8 Å². The van der Waals surface area contributed by atoms with E-state index in [2.05, 4.69) is 29.0 Å². The summed E-state index contributed by atoms with van der Waals surface area (Å²) < 4.78 is 0. The van der Waals surface area contributed by atoms with Gasteiger partial charge < -0.3 is 9.80 Å². The molecule has 4 heterocycles. The summed E-state index contributed by atoms with van der Waals surface area (Å²) in [6.07, 6.45) is 4.34. The van der Waals surface area contributed by atoms with Crippen molar-refractivity contribution in [2.45, 2.75) is 52.5 Å². The van der Waals surface area contributed by atoms with Gasteiger partial charge in [0.15, 0.2) is 0 Å². The van der Waals surface area contributed by atoms with Gasteiger partial charge in [0.05, 0.1) is 5.69 Å². The van der Waals surface area contributed by atoms with Crippen LogP contribution in [0.2, 0.25) is 0 Å². The maximum Gasteiger partial charge on any atom is 0.274 e. The minimum absolute atomic E-state index is 0.0566. The number of nitrogens with zero attached hydrogens (tertiary/aromatic N) is 5. The van der Waals surface area contributed by atoms with Gasteiger partial charge in [-0.15, -0.1) is 0 Å². The van der Waals surface area contributed by atoms with Crippen LogP contribution in [0.3, 0.4) is 0 Å². The molecule has 0 bridgehead atoms. The Morgan fingerprint density at radius 2 is 2.10 bits per heavy atom. The van der Waals surface area contributed by atoms with Crippen LogP contribution in [0.25, 0.3) is 0 Å². The Bertz CT molecular complexity index is 922. The van der Waals surface area contributed by atoms with Crippen LogP contribution in [0.5, 0.6) is 0 Å². The van der Waals surface area contributed by atoms with Crippen molar-refractivity contribution in [3.05, 3.63) is 40.7 Å². The Morgan fingerprint density at radius 1 is 1.28 bits per heavy atom. The number of likely N-dealkylation sites (tertiary alicyclic amines) is 1. The second-order valence-electron chi connectivity index (χ2n) is 8.50. The first-order valence-corrected chi connectivity index (χ1v) is 10.3. The lowest BCUT2D eigenvalue weighted by molar-refractivity contribution is -0.127. The number of carbonyl (C=O) groups excluding carboxylic acids is 2. The second kappa shape index (κ2) is 7.93. The van der Waals surface area contributed by atoms with Gasteiger partial charge in [-0.05, 0) is 24.8 Å². The third-order valence-electron chi connectivity index (χ3n) is 5.72. The monoisotopic (exact) mass is 396 g/mol. The number of H-pyrrole nitrogens is 1. The number of carbonyl (C=O) groups is 2. The number of aromatic nitrogens is 4. The van der Waals surface area contributed by atoms with Crippen LogP contribution >= 0.6 is 0 Å². The average Bonchev–Trinajstić information content (AvgIpc) is 3.36. The Labute approximate surface area is 170 Å². The molecule has 2 aromatic heterocycles. The van der Waals surface area contributed by atoms with Gasteiger partial charge in [-0.2, -0.15) is 5.10 Å². The van der Waals surface area contributed by atoms with E-state index in [1.54, 1.807) is 6.92 Å². The third kappa shape index (κ3) is 4.16. The molecule has 8 nitrogen and oxygen atoms in total. The molecular weight excluding hydrogens is 368 g/mol. The van der Waals surface area contributed by atoms with Gasteiger partial charge in [0.2, 0.25) is 5.91 Å². The van der Waals surface area contributed by atoms with Gasteiger partial charge in [-0.1, -0.05) is 13.8 Å². The Morgan fingerprint density at radius 3 is 2.83 bits per heavy atom. The molecule has 4 rings (SSSR count). The summed E-state index contributed by atoms with van der Waals surface area (Å²) >= 11 is 0. The average molecular weight is 396 g/mol. The van der Waals surface area contributed by atoms with E-state index >= 15 is 0 Å². The molecule has 154 valence electrons. The lowest BCUT2D eigenvalue weighted by Crippen LogP contribution is -2.37. The molecule has 2 aliphatic rings. The summed E-state index contributed by atoms with van der Waals surface area (Å²) in [7, 11) is 0. The molecule has 0 aromatic carbocycles. The summed E-state index contributed by atoms with van der Waals surface area (Å²) in [5.74, 6) is 1.58. The predicted octanol–water partition coefficient (Wildman–Crippen LogP) is 1.93. The van der Waals surface area contributed by atoms with Crippen molar-refractivity contribution < 1.29 is 9.59 Å². The van der Waals surface area contributed by atoms with Gasteiger partial charge in [0.1, 0.15) is 11.5 Å². The van der Waals surface area contributed by atoms with Crippen LogP contribution in [-0.4, -0.2) is 61.4 Å². The Kier molecular flexibility index (Phi) is 5.34. The van der Waals surface area contributed by atoms with Crippen molar-refractivity contribution in [2.75, 3.05) is 19.6 Å². The Balaban J connectivity index is 1.43. The number of nitrogens with one attached hydrogen (secondary N) is 1. The number of fused-ring (bicyclic) bond motifs is 1. The zero-order valence-electron chi connectivity index (χ0n) is 17.3. The number of hydrogen-bond acceptors (Lipinski definition) is 5. The first-order chi connectivity index (χ1) is 13.9. The quantitative estimate of drug-likeness (QED) is 0.852. The molecule has 29 heavy (non-hydrogen) atoms. The smallest absolute Gasteiger partial charge is 0.274 e. The molecule has 1 fully saturated rings. The highest BCUT2D eigenvalue weighted by molar-refractivity contribution is 5.92. The van der Waals surface area contributed by atoms with Crippen LogP contribution < -0.4 is 0 Å². The maximum absolute atomic E-state index is 12.8. The largest absolute Gasteiger partial charge is 0.342 e. The van der Waals surface area contributed by atoms with E-state index in [1.165, 1.54) is 0 Å². The Hall–Kier alpha value is -2.77. The zero-order valence-corrected chi connectivity index (χ0v) is 17.3. The number of hydrogen-bond donors (Lipinski definition) is 1. The van der Waals surface area contributed by atoms with Gasteiger partial charge in [-0.3, -0.25) is 14.7 Å². The fraction of sp³-hybridized carbons (Fsp3) is 0.571. The number of aromatic amines is 1. The molecular formula is C21H28N6O2. The van der Waals surface area contributed by atoms with E-state index in [4.69, 9.17) is 4.98 Å². The molecule has 0 saturated carbocycles. The van der Waals surface area contributed by atoms with Crippen LogP contribution in [0.1, 0.15) is 66.4 Å². The molecule has 0 aliphatic carbocycles. The summed E-state index contributed by atoms with van der Waals surface area (Å²) in [6, 6.07) is 1.86. The minimum Gasteiger partial charge on any atom is -0.342 e. The lowest BCUT2D eigenvalue weighted by Gasteiger charge is -2.28. The van der Waals surface area contributed by atoms with Gasteiger partial charge in [0, 0.05) is 62.9 Å². The standard InChI is InChI=1S/C21H28N6O2/c1-13(2)8-17-9-19(25-24-17)21(29)27-7-5-18-16(12-27)10-22-20(23-18)15-4-6-26(11-15)14(3)28/h9-10,13,15H,4-8,11-12H2,1-3H3,(H,24,25)/t15-/m0/s1. The van der Waals surface area contributed by atoms with E-state index in [0.717, 1.165) is 42.2 Å². The second-order valence-corrected chi connectivity index (χ2v) is 8.50. The molecule has 2 amide bonds. The maximum atomic E-state index is 12.8. The van der Waals surface area contributed by atoms with E-state index < -0.39 is 0 Å². The predicted molar refractivity (Wildman–Crippen MR) is 107 cm³/mol. The summed E-state index contributed by atoms with van der Waals surface area (Å²) in [5.41, 5.74) is 3.47. The summed E-state index contributed by atoms with van der Waals surface area (Å²) in [6.45, 7) is 8.47. The summed E-state index contributed by atoms with van der Waals surface area (Å²) in [5, 5.41) is 7.18. The fourth-order valence-corrected chi connectivity index (χ4v) is 4.14. The third-order valence-corrected chi connectivity index (χ3v) is 5.72.